The third-order valence-electron chi connectivity index (χ3n) is 8.55. The standard InChI is InChI=1S/C40H58N4/c1-25(2)33-17-15-18-34(26(3)4)39(33)43-31(11)23-29(9)41-37-21-13-14-22-38(37)42-30(10)24-32(12)44-40-35(27(5)6)19-16-20-36(40)28(7)8/h15-20,25-28,37-38,41-42H,13-14,21-22H2,1-12H3/q-2/t37-,38-/m0/s1. The minimum atomic E-state index is 0.321. The molecule has 1 aliphatic rings. The Morgan fingerprint density at radius 1 is 0.568 bits per heavy atom. The Bertz CT molecular complexity index is 1210. The first kappa shape index (κ1) is 35.3. The van der Waals surface area contributed by atoms with Gasteiger partial charge in [0.1, 0.15) is 0 Å². The van der Waals surface area contributed by atoms with Crippen LogP contribution in [0, 0.1) is 12.2 Å². The average molecular weight is 595 g/mol. The van der Waals surface area contributed by atoms with Crippen LogP contribution in [0.1, 0.15) is 155 Å². The molecule has 0 aliphatic heterocycles. The normalized spacial score (nSPS) is 19.0. The molecule has 4 nitrogen and oxygen atoms in total. The second-order valence-corrected chi connectivity index (χ2v) is 13.9. The Labute approximate surface area is 269 Å². The van der Waals surface area contributed by atoms with E-state index in [9.17, 15) is 0 Å². The number of rotatable bonds is 12. The first-order chi connectivity index (χ1) is 20.8. The Morgan fingerprint density at radius 3 is 1.14 bits per heavy atom. The third-order valence-corrected chi connectivity index (χ3v) is 8.55. The van der Waals surface area contributed by atoms with Crippen LogP contribution in [0.2, 0.25) is 0 Å². The highest BCUT2D eigenvalue weighted by atomic mass is 15.0. The van der Waals surface area contributed by atoms with Crippen molar-refractivity contribution >= 4 is 22.8 Å². The van der Waals surface area contributed by atoms with E-state index in [-0.39, 0.29) is 0 Å². The predicted octanol–water partition coefficient (Wildman–Crippen LogP) is 11.0. The van der Waals surface area contributed by atoms with Gasteiger partial charge in [-0.05, 0) is 58.8 Å². The van der Waals surface area contributed by atoms with Crippen molar-refractivity contribution in [1.82, 2.24) is 10.6 Å². The smallest absolute Gasteiger partial charge is 0.0667 e. The van der Waals surface area contributed by atoms with Crippen LogP contribution >= 0.6 is 0 Å². The largest absolute Gasteiger partial charge is 0.430 e. The number of nitrogens with zero attached hydrogens (tertiary/aromatic N) is 2. The summed E-state index contributed by atoms with van der Waals surface area (Å²) in [6, 6.07) is 13.8. The van der Waals surface area contributed by atoms with Crippen molar-refractivity contribution in [2.45, 2.75) is 145 Å². The molecule has 0 heterocycles. The summed E-state index contributed by atoms with van der Waals surface area (Å²) in [5.41, 5.74) is 11.3. The fourth-order valence-electron chi connectivity index (χ4n) is 6.32. The van der Waals surface area contributed by atoms with Gasteiger partial charge in [0.2, 0.25) is 0 Å². The number of benzene rings is 2. The Kier molecular flexibility index (Phi) is 13.1. The summed E-state index contributed by atoms with van der Waals surface area (Å²) in [4.78, 5) is 10.2. The van der Waals surface area contributed by atoms with Crippen molar-refractivity contribution in [3.63, 3.8) is 0 Å². The van der Waals surface area contributed by atoms with E-state index in [0.29, 0.717) is 35.8 Å². The van der Waals surface area contributed by atoms with E-state index < -0.39 is 0 Å². The van der Waals surface area contributed by atoms with Crippen molar-refractivity contribution < 1.29 is 0 Å². The molecule has 2 atom stereocenters. The van der Waals surface area contributed by atoms with Gasteiger partial charge in [0.05, 0.1) is 11.4 Å². The number of nitrogens with one attached hydrogen (secondary N) is 2. The third kappa shape index (κ3) is 9.68. The Hall–Kier alpha value is -3.14. The minimum absolute atomic E-state index is 0.321. The SMILES string of the molecule is CC(=[C-]C(C)=Nc1c(C(C)C)cccc1C(C)C)N[C@H]1CCCC[C@@H]1NC(C)=[C-]C(C)=Nc1c(C(C)C)cccc1C(C)C. The quantitative estimate of drug-likeness (QED) is 0.190. The molecule has 0 aromatic heterocycles. The van der Waals surface area contributed by atoms with Crippen molar-refractivity contribution in [1.29, 1.82) is 0 Å². The molecule has 4 heteroatoms. The van der Waals surface area contributed by atoms with E-state index in [1.165, 1.54) is 35.1 Å². The second-order valence-electron chi connectivity index (χ2n) is 13.9. The zero-order valence-corrected chi connectivity index (χ0v) is 29.7. The zero-order chi connectivity index (χ0) is 32.6. The maximum absolute atomic E-state index is 5.10. The lowest BCUT2D eigenvalue weighted by Crippen LogP contribution is -2.48. The van der Waals surface area contributed by atoms with Crippen LogP contribution < -0.4 is 10.6 Å². The number of allylic oxidation sites excluding steroid dienone is 4. The molecule has 0 saturated heterocycles. The van der Waals surface area contributed by atoms with E-state index in [0.717, 1.165) is 47.0 Å². The number of aliphatic imine (C=N–C) groups is 2. The fourth-order valence-corrected chi connectivity index (χ4v) is 6.32. The van der Waals surface area contributed by atoms with Crippen LogP contribution in [-0.4, -0.2) is 23.5 Å². The van der Waals surface area contributed by atoms with Crippen LogP contribution in [-0.2, 0) is 0 Å². The van der Waals surface area contributed by atoms with Crippen molar-refractivity contribution in [3.8, 4) is 0 Å². The molecule has 2 N–H and O–H groups in total. The Balaban J connectivity index is 1.79. The highest BCUT2D eigenvalue weighted by molar-refractivity contribution is 5.92. The lowest BCUT2D eigenvalue weighted by atomic mass is 9.89. The van der Waals surface area contributed by atoms with E-state index in [4.69, 9.17) is 9.98 Å². The summed E-state index contributed by atoms with van der Waals surface area (Å²) in [7, 11) is 0. The van der Waals surface area contributed by atoms with E-state index in [1.54, 1.807) is 0 Å². The van der Waals surface area contributed by atoms with Crippen molar-refractivity contribution in [2.75, 3.05) is 0 Å². The van der Waals surface area contributed by atoms with Gasteiger partial charge in [0.25, 0.3) is 0 Å². The molecule has 0 unspecified atom stereocenters. The average Bonchev–Trinajstić information content (AvgIpc) is 2.93. The number of hydrogen-bond donors (Lipinski definition) is 2. The van der Waals surface area contributed by atoms with Gasteiger partial charge >= 0.3 is 0 Å². The number of para-hydroxylation sites is 2. The van der Waals surface area contributed by atoms with Gasteiger partial charge in [-0.1, -0.05) is 132 Å². The van der Waals surface area contributed by atoms with Crippen molar-refractivity contribution in [3.05, 3.63) is 82.2 Å². The number of hydrogen-bond acceptors (Lipinski definition) is 4. The van der Waals surface area contributed by atoms with Crippen LogP contribution in [0.5, 0.6) is 0 Å². The highest BCUT2D eigenvalue weighted by Gasteiger charge is 2.23. The maximum Gasteiger partial charge on any atom is 0.0667 e. The first-order valence-electron chi connectivity index (χ1n) is 16.9. The molecule has 0 radical (unpaired) electrons. The van der Waals surface area contributed by atoms with Crippen molar-refractivity contribution in [2.24, 2.45) is 9.98 Å². The molecule has 2 aromatic rings. The van der Waals surface area contributed by atoms with E-state index >= 15 is 0 Å². The first-order valence-corrected chi connectivity index (χ1v) is 16.9. The molecule has 1 aliphatic carbocycles. The van der Waals surface area contributed by atoms with Gasteiger partial charge < -0.3 is 22.8 Å². The summed E-state index contributed by atoms with van der Waals surface area (Å²) >= 11 is 0. The van der Waals surface area contributed by atoms with Crippen LogP contribution in [0.4, 0.5) is 11.4 Å². The molecule has 2 aromatic carbocycles. The minimum Gasteiger partial charge on any atom is -0.430 e. The van der Waals surface area contributed by atoms with Crippen LogP contribution in [0.3, 0.4) is 0 Å². The molecule has 3 rings (SSSR count). The lowest BCUT2D eigenvalue weighted by molar-refractivity contribution is 0.313. The Morgan fingerprint density at radius 2 is 0.864 bits per heavy atom. The maximum atomic E-state index is 5.10. The summed E-state index contributed by atoms with van der Waals surface area (Å²) in [5.74, 6) is 1.67. The van der Waals surface area contributed by atoms with Gasteiger partial charge in [-0.2, -0.15) is 11.4 Å². The molecular formula is C40H58N4-2. The lowest BCUT2D eigenvalue weighted by Gasteiger charge is -2.38. The summed E-state index contributed by atoms with van der Waals surface area (Å²) in [6.07, 6.45) is 11.8. The van der Waals surface area contributed by atoms with Crippen LogP contribution in [0.25, 0.3) is 0 Å². The van der Waals surface area contributed by atoms with Gasteiger partial charge in [-0.15, -0.1) is 11.4 Å². The molecule has 1 saturated carbocycles. The zero-order valence-electron chi connectivity index (χ0n) is 29.7. The summed E-state index contributed by atoms with van der Waals surface area (Å²) < 4.78 is 0. The molecule has 0 amide bonds. The summed E-state index contributed by atoms with van der Waals surface area (Å²) in [5, 5.41) is 7.58. The van der Waals surface area contributed by atoms with E-state index in [1.807, 2.05) is 0 Å². The fraction of sp³-hybridized carbons (Fsp3) is 0.550. The predicted molar refractivity (Wildman–Crippen MR) is 192 cm³/mol. The highest BCUT2D eigenvalue weighted by Crippen LogP contribution is 2.36. The van der Waals surface area contributed by atoms with Crippen LogP contribution in [0.15, 0.2) is 57.8 Å². The molecule has 0 bridgehead atoms. The molecule has 44 heavy (non-hydrogen) atoms. The molecule has 1 fully saturated rings. The van der Waals surface area contributed by atoms with Gasteiger partial charge in [0, 0.05) is 12.1 Å². The second kappa shape index (κ2) is 16.3. The summed E-state index contributed by atoms with van der Waals surface area (Å²) in [6.45, 7) is 26.3. The topological polar surface area (TPSA) is 48.8 Å². The van der Waals surface area contributed by atoms with Gasteiger partial charge in [-0.3, -0.25) is 9.98 Å². The van der Waals surface area contributed by atoms with E-state index in [2.05, 4.69) is 142 Å². The molecular weight excluding hydrogens is 536 g/mol. The molecule has 240 valence electrons. The van der Waals surface area contributed by atoms with Gasteiger partial charge in [0.15, 0.2) is 0 Å². The monoisotopic (exact) mass is 594 g/mol. The molecule has 0 spiro atoms. The van der Waals surface area contributed by atoms with Gasteiger partial charge in [-0.25, -0.2) is 0 Å².